The van der Waals surface area contributed by atoms with E-state index in [0.29, 0.717) is 23.0 Å². The van der Waals surface area contributed by atoms with Crippen molar-refractivity contribution in [2.24, 2.45) is 18.9 Å². The molecule has 0 atom stereocenters. The van der Waals surface area contributed by atoms with Crippen molar-refractivity contribution in [3.05, 3.63) is 52.7 Å². The second-order valence-electron chi connectivity index (χ2n) is 10.2. The number of aryl methyl sites for hydroxylation is 2. The molecule has 1 saturated carbocycles. The van der Waals surface area contributed by atoms with E-state index in [1.54, 1.807) is 30.1 Å². The van der Waals surface area contributed by atoms with E-state index in [1.807, 2.05) is 39.0 Å². The molecule has 1 aliphatic carbocycles. The van der Waals surface area contributed by atoms with Crippen LogP contribution in [0.2, 0.25) is 0 Å². The zero-order valence-corrected chi connectivity index (χ0v) is 22.8. The van der Waals surface area contributed by atoms with Gasteiger partial charge in [-0.05, 0) is 82.2 Å². The number of aromatic carboxylic acids is 1. The maximum atomic E-state index is 13.5. The lowest BCUT2D eigenvalue weighted by Gasteiger charge is -2.33. The lowest BCUT2D eigenvalue weighted by molar-refractivity contribution is -0.123. The summed E-state index contributed by atoms with van der Waals surface area (Å²) in [5.74, 6) is -0.741. The van der Waals surface area contributed by atoms with Gasteiger partial charge in [-0.3, -0.25) is 14.3 Å². The lowest BCUT2D eigenvalue weighted by Crippen LogP contribution is -2.42. The molecule has 9 heteroatoms. The van der Waals surface area contributed by atoms with Gasteiger partial charge in [0.15, 0.2) is 0 Å². The highest BCUT2D eigenvalue weighted by atomic mass is 32.1. The smallest absolute Gasteiger partial charge is 0.348 e. The van der Waals surface area contributed by atoms with Crippen LogP contribution in [0.4, 0.5) is 11.4 Å². The SMILES string of the molecule is Cc1cc(C(=O)Nc2ccc(-c3cc(N(C(=O)[C@H]4CC[C@H](C)CC4)C(C)C)c(C(=O)O)s3)cc2)n(C)n1. The Morgan fingerprint density at radius 2 is 1.76 bits per heavy atom. The molecule has 1 fully saturated rings. The normalized spacial score (nSPS) is 17.6. The first-order valence-corrected chi connectivity index (χ1v) is 13.5. The Balaban J connectivity index is 1.58. The van der Waals surface area contributed by atoms with Crippen LogP contribution in [0.5, 0.6) is 0 Å². The number of rotatable bonds is 7. The Morgan fingerprint density at radius 1 is 1.11 bits per heavy atom. The molecule has 4 rings (SSSR count). The first-order valence-electron chi connectivity index (χ1n) is 12.7. The second kappa shape index (κ2) is 10.9. The van der Waals surface area contributed by atoms with Crippen LogP contribution in [0.3, 0.4) is 0 Å². The lowest BCUT2D eigenvalue weighted by atomic mass is 9.82. The molecule has 2 N–H and O–H groups in total. The van der Waals surface area contributed by atoms with E-state index in [9.17, 15) is 19.5 Å². The predicted octanol–water partition coefficient (Wildman–Crippen LogP) is 5.98. The summed E-state index contributed by atoms with van der Waals surface area (Å²) >= 11 is 1.16. The van der Waals surface area contributed by atoms with Crippen molar-refractivity contribution in [2.75, 3.05) is 10.2 Å². The predicted molar refractivity (Wildman–Crippen MR) is 146 cm³/mol. The first kappa shape index (κ1) is 26.6. The Labute approximate surface area is 221 Å². The summed E-state index contributed by atoms with van der Waals surface area (Å²) in [5.41, 5.74) is 3.11. The topological polar surface area (TPSA) is 105 Å². The highest BCUT2D eigenvalue weighted by Gasteiger charge is 2.33. The molecule has 196 valence electrons. The molecule has 0 spiro atoms. The number of benzene rings is 1. The number of hydrogen-bond acceptors (Lipinski definition) is 5. The summed E-state index contributed by atoms with van der Waals surface area (Å²) in [6.45, 7) is 7.89. The molecule has 0 saturated heterocycles. The zero-order valence-electron chi connectivity index (χ0n) is 21.9. The number of nitrogens with one attached hydrogen (secondary N) is 1. The third kappa shape index (κ3) is 5.77. The van der Waals surface area contributed by atoms with E-state index in [4.69, 9.17) is 0 Å². The Bertz CT molecular complexity index is 1300. The van der Waals surface area contributed by atoms with E-state index in [-0.39, 0.29) is 28.7 Å². The maximum Gasteiger partial charge on any atom is 0.348 e. The standard InChI is InChI=1S/C28H34N4O4S/c1-16(2)32(27(34)20-8-6-17(3)7-9-20)22-15-24(37-25(22)28(35)36)19-10-12-21(13-11-19)29-26(33)23-14-18(4)30-31(23)5/h10-17,20H,6-9H2,1-5H3,(H,29,33)(H,35,36)/t17-,20-. The number of amides is 2. The molecule has 2 aromatic heterocycles. The minimum Gasteiger partial charge on any atom is -0.477 e. The number of carboxylic acids is 1. The molecule has 0 bridgehead atoms. The number of nitrogens with zero attached hydrogens (tertiary/aromatic N) is 3. The van der Waals surface area contributed by atoms with Gasteiger partial charge in [-0.1, -0.05) is 19.1 Å². The van der Waals surface area contributed by atoms with Crippen molar-refractivity contribution < 1.29 is 19.5 Å². The van der Waals surface area contributed by atoms with E-state index in [1.165, 1.54) is 4.68 Å². The fourth-order valence-electron chi connectivity index (χ4n) is 4.95. The number of hydrogen-bond donors (Lipinski definition) is 2. The third-order valence-electron chi connectivity index (χ3n) is 6.95. The highest BCUT2D eigenvalue weighted by Crippen LogP contribution is 2.40. The summed E-state index contributed by atoms with van der Waals surface area (Å²) in [6, 6.07) is 10.6. The van der Waals surface area contributed by atoms with Gasteiger partial charge >= 0.3 is 5.97 Å². The largest absolute Gasteiger partial charge is 0.477 e. The van der Waals surface area contributed by atoms with Crippen LogP contribution in [0, 0.1) is 18.8 Å². The average molecular weight is 523 g/mol. The number of carbonyl (C=O) groups is 3. The zero-order chi connectivity index (χ0) is 26.9. The molecule has 0 aliphatic heterocycles. The number of thiophene rings is 1. The molecule has 0 unspecified atom stereocenters. The van der Waals surface area contributed by atoms with E-state index < -0.39 is 5.97 Å². The van der Waals surface area contributed by atoms with Gasteiger partial charge in [0.25, 0.3) is 5.91 Å². The monoisotopic (exact) mass is 522 g/mol. The quantitative estimate of drug-likeness (QED) is 0.397. The van der Waals surface area contributed by atoms with Crippen LogP contribution >= 0.6 is 11.3 Å². The molecular formula is C28H34N4O4S. The number of aromatic nitrogens is 2. The summed E-state index contributed by atoms with van der Waals surface area (Å²) in [4.78, 5) is 40.9. The van der Waals surface area contributed by atoms with Crippen molar-refractivity contribution in [3.63, 3.8) is 0 Å². The average Bonchev–Trinajstić information content (AvgIpc) is 3.43. The fourth-order valence-corrected chi connectivity index (χ4v) is 5.94. The van der Waals surface area contributed by atoms with Crippen molar-refractivity contribution in [1.82, 2.24) is 9.78 Å². The van der Waals surface area contributed by atoms with Crippen molar-refractivity contribution in [2.45, 2.75) is 59.4 Å². The molecule has 1 aromatic carbocycles. The number of carbonyl (C=O) groups excluding carboxylic acids is 2. The summed E-state index contributed by atoms with van der Waals surface area (Å²) in [6.07, 6.45) is 3.72. The van der Waals surface area contributed by atoms with Gasteiger partial charge in [0.05, 0.1) is 11.4 Å². The molecule has 37 heavy (non-hydrogen) atoms. The second-order valence-corrected chi connectivity index (χ2v) is 11.3. The van der Waals surface area contributed by atoms with Gasteiger partial charge in [0, 0.05) is 29.6 Å². The third-order valence-corrected chi connectivity index (χ3v) is 8.11. The minimum absolute atomic E-state index is 0.0113. The number of anilines is 2. The maximum absolute atomic E-state index is 13.5. The van der Waals surface area contributed by atoms with Gasteiger partial charge in [-0.15, -0.1) is 11.3 Å². The summed E-state index contributed by atoms with van der Waals surface area (Å²) in [7, 11) is 1.72. The van der Waals surface area contributed by atoms with Crippen LogP contribution in [-0.4, -0.2) is 38.7 Å². The molecule has 0 radical (unpaired) electrons. The molecular weight excluding hydrogens is 488 g/mol. The molecule has 1 aliphatic rings. The van der Waals surface area contributed by atoms with Gasteiger partial charge in [-0.25, -0.2) is 4.79 Å². The molecule has 8 nitrogen and oxygen atoms in total. The number of carboxylic acid groups (broad SMARTS) is 1. The van der Waals surface area contributed by atoms with Crippen molar-refractivity contribution >= 4 is 40.5 Å². The fraction of sp³-hybridized carbons (Fsp3) is 0.429. The first-order chi connectivity index (χ1) is 17.5. The molecule has 2 amide bonds. The Morgan fingerprint density at radius 3 is 2.30 bits per heavy atom. The Hall–Kier alpha value is -3.46. The van der Waals surface area contributed by atoms with Gasteiger partial charge in [-0.2, -0.15) is 5.10 Å². The van der Waals surface area contributed by atoms with E-state index in [2.05, 4.69) is 17.3 Å². The van der Waals surface area contributed by atoms with Gasteiger partial charge in [0.1, 0.15) is 10.6 Å². The van der Waals surface area contributed by atoms with E-state index >= 15 is 0 Å². The van der Waals surface area contributed by atoms with Crippen LogP contribution in [-0.2, 0) is 11.8 Å². The van der Waals surface area contributed by atoms with E-state index in [0.717, 1.165) is 53.2 Å². The van der Waals surface area contributed by atoms with Crippen molar-refractivity contribution in [3.8, 4) is 10.4 Å². The molecule has 2 heterocycles. The van der Waals surface area contributed by atoms with Crippen LogP contribution < -0.4 is 10.2 Å². The minimum atomic E-state index is -1.04. The Kier molecular flexibility index (Phi) is 7.82. The van der Waals surface area contributed by atoms with Crippen molar-refractivity contribution in [1.29, 1.82) is 0 Å². The van der Waals surface area contributed by atoms with Crippen LogP contribution in [0.15, 0.2) is 36.4 Å². The van der Waals surface area contributed by atoms with Crippen LogP contribution in [0.1, 0.15) is 72.3 Å². The highest BCUT2D eigenvalue weighted by molar-refractivity contribution is 7.18. The summed E-state index contributed by atoms with van der Waals surface area (Å²) in [5, 5.41) is 17.1. The van der Waals surface area contributed by atoms with Crippen LogP contribution in [0.25, 0.3) is 10.4 Å². The molecule has 3 aromatic rings. The summed E-state index contributed by atoms with van der Waals surface area (Å²) < 4.78 is 1.54. The van der Waals surface area contributed by atoms with Gasteiger partial charge in [0.2, 0.25) is 5.91 Å². The van der Waals surface area contributed by atoms with Gasteiger partial charge < -0.3 is 15.3 Å².